The van der Waals surface area contributed by atoms with Crippen LogP contribution in [-0.2, 0) is 13.1 Å². The Labute approximate surface area is 195 Å². The number of carboxylic acids is 1. The van der Waals surface area contributed by atoms with Crippen LogP contribution < -0.4 is 9.47 Å². The molecule has 1 saturated carbocycles. The summed E-state index contributed by atoms with van der Waals surface area (Å²) in [6.07, 6.45) is 4.92. The summed E-state index contributed by atoms with van der Waals surface area (Å²) >= 11 is 1.23. The van der Waals surface area contributed by atoms with E-state index in [1.54, 1.807) is 23.1 Å². The number of amides is 1. The van der Waals surface area contributed by atoms with Crippen molar-refractivity contribution in [3.05, 3.63) is 57.8 Å². The number of carbonyl (C=O) groups is 2. The van der Waals surface area contributed by atoms with E-state index in [0.29, 0.717) is 47.5 Å². The van der Waals surface area contributed by atoms with Gasteiger partial charge >= 0.3 is 5.97 Å². The van der Waals surface area contributed by atoms with E-state index in [4.69, 9.17) is 9.47 Å². The Kier molecular flexibility index (Phi) is 6.93. The standard InChI is InChI=1S/C23H26N4O5S/c1-31-17-10-16(11-18(12-17)32-2)22(28)26(13-21-25-19(14-33-21)23(29)30)8-3-9-27-20(6-7-24-27)15-4-5-15/h6-7,10-12,14-15H,3-5,8-9,13H2,1-2H3,(H,29,30). The van der Waals surface area contributed by atoms with E-state index in [9.17, 15) is 14.7 Å². The molecule has 0 atom stereocenters. The average Bonchev–Trinajstić information content (AvgIpc) is 3.36. The van der Waals surface area contributed by atoms with Crippen molar-refractivity contribution in [3.63, 3.8) is 0 Å². The molecule has 33 heavy (non-hydrogen) atoms. The van der Waals surface area contributed by atoms with Crippen LogP contribution in [0.4, 0.5) is 0 Å². The molecule has 4 rings (SSSR count). The SMILES string of the molecule is COc1cc(OC)cc(C(=O)N(CCCn2nccc2C2CC2)Cc2nc(C(=O)O)cs2)c1. The van der Waals surface area contributed by atoms with Crippen molar-refractivity contribution in [3.8, 4) is 11.5 Å². The fraction of sp³-hybridized carbons (Fsp3) is 0.391. The second-order valence-electron chi connectivity index (χ2n) is 7.87. The van der Waals surface area contributed by atoms with Gasteiger partial charge in [-0.15, -0.1) is 11.3 Å². The molecule has 174 valence electrons. The normalized spacial score (nSPS) is 13.0. The lowest BCUT2D eigenvalue weighted by Crippen LogP contribution is -2.32. The number of rotatable bonds is 11. The molecule has 1 aliphatic carbocycles. The van der Waals surface area contributed by atoms with Gasteiger partial charge in [-0.2, -0.15) is 5.10 Å². The molecule has 1 amide bonds. The molecule has 0 aliphatic heterocycles. The molecule has 3 aromatic rings. The van der Waals surface area contributed by atoms with Gasteiger partial charge in [0.2, 0.25) is 0 Å². The minimum absolute atomic E-state index is 0.0175. The van der Waals surface area contributed by atoms with Gasteiger partial charge in [0.05, 0.1) is 20.8 Å². The van der Waals surface area contributed by atoms with Crippen LogP contribution in [0.3, 0.4) is 0 Å². The number of nitrogens with zero attached hydrogens (tertiary/aromatic N) is 4. The Morgan fingerprint density at radius 2 is 1.94 bits per heavy atom. The van der Waals surface area contributed by atoms with Crippen molar-refractivity contribution in [2.75, 3.05) is 20.8 Å². The molecule has 10 heteroatoms. The van der Waals surface area contributed by atoms with Crippen molar-refractivity contribution >= 4 is 23.2 Å². The number of benzene rings is 1. The molecule has 9 nitrogen and oxygen atoms in total. The van der Waals surface area contributed by atoms with Crippen LogP contribution in [0.2, 0.25) is 0 Å². The zero-order valence-electron chi connectivity index (χ0n) is 18.6. The molecule has 1 aliphatic rings. The summed E-state index contributed by atoms with van der Waals surface area (Å²) in [6.45, 7) is 1.37. The number of aryl methyl sites for hydroxylation is 1. The molecule has 0 radical (unpaired) electrons. The van der Waals surface area contributed by atoms with Gasteiger partial charge in [-0.25, -0.2) is 9.78 Å². The Hall–Kier alpha value is -3.40. The molecule has 0 saturated heterocycles. The Morgan fingerprint density at radius 3 is 2.55 bits per heavy atom. The van der Waals surface area contributed by atoms with Crippen LogP contribution in [0.25, 0.3) is 0 Å². The van der Waals surface area contributed by atoms with E-state index in [1.807, 2.05) is 10.9 Å². The number of hydrogen-bond acceptors (Lipinski definition) is 7. The van der Waals surface area contributed by atoms with E-state index in [2.05, 4.69) is 16.1 Å². The van der Waals surface area contributed by atoms with Gasteiger partial charge in [-0.1, -0.05) is 0 Å². The first-order valence-electron chi connectivity index (χ1n) is 10.7. The maximum Gasteiger partial charge on any atom is 0.355 e. The first-order chi connectivity index (χ1) is 16.0. The molecule has 2 heterocycles. The van der Waals surface area contributed by atoms with Crippen molar-refractivity contribution < 1.29 is 24.2 Å². The van der Waals surface area contributed by atoms with Gasteiger partial charge in [0, 0.05) is 47.9 Å². The topological polar surface area (TPSA) is 107 Å². The average molecular weight is 471 g/mol. The number of aromatic carboxylic acids is 1. The van der Waals surface area contributed by atoms with Crippen molar-refractivity contribution in [1.82, 2.24) is 19.7 Å². The number of aromatic nitrogens is 3. The van der Waals surface area contributed by atoms with Crippen LogP contribution in [0.15, 0.2) is 35.8 Å². The smallest absolute Gasteiger partial charge is 0.355 e. The van der Waals surface area contributed by atoms with Crippen LogP contribution in [-0.4, -0.2) is 57.4 Å². The van der Waals surface area contributed by atoms with Gasteiger partial charge in [0.1, 0.15) is 16.5 Å². The molecule has 1 fully saturated rings. The van der Waals surface area contributed by atoms with Crippen LogP contribution in [0.5, 0.6) is 11.5 Å². The maximum absolute atomic E-state index is 13.5. The third-order valence-corrected chi connectivity index (χ3v) is 6.36. The molecule has 1 aromatic carbocycles. The summed E-state index contributed by atoms with van der Waals surface area (Å²) in [6, 6.07) is 7.10. The molecule has 0 spiro atoms. The van der Waals surface area contributed by atoms with E-state index in [1.165, 1.54) is 49.5 Å². The van der Waals surface area contributed by atoms with E-state index in [0.717, 1.165) is 0 Å². The summed E-state index contributed by atoms with van der Waals surface area (Å²) in [7, 11) is 3.07. The van der Waals surface area contributed by atoms with Crippen molar-refractivity contribution in [2.24, 2.45) is 0 Å². The number of ether oxygens (including phenoxy) is 2. The van der Waals surface area contributed by atoms with Gasteiger partial charge in [0.25, 0.3) is 5.91 Å². The highest BCUT2D eigenvalue weighted by Crippen LogP contribution is 2.39. The van der Waals surface area contributed by atoms with E-state index >= 15 is 0 Å². The maximum atomic E-state index is 13.5. The fourth-order valence-electron chi connectivity index (χ4n) is 3.68. The molecular formula is C23H26N4O5S. The summed E-state index contributed by atoms with van der Waals surface area (Å²) in [4.78, 5) is 30.5. The van der Waals surface area contributed by atoms with Crippen molar-refractivity contribution in [1.29, 1.82) is 0 Å². The highest BCUT2D eigenvalue weighted by molar-refractivity contribution is 7.09. The molecule has 1 N–H and O–H groups in total. The van der Waals surface area contributed by atoms with E-state index in [-0.39, 0.29) is 18.1 Å². The van der Waals surface area contributed by atoms with Gasteiger partial charge < -0.3 is 19.5 Å². The minimum Gasteiger partial charge on any atom is -0.497 e. The molecule has 0 unspecified atom stereocenters. The zero-order valence-corrected chi connectivity index (χ0v) is 19.4. The van der Waals surface area contributed by atoms with Crippen LogP contribution >= 0.6 is 11.3 Å². The number of carboxylic acid groups (broad SMARTS) is 1. The lowest BCUT2D eigenvalue weighted by Gasteiger charge is -2.22. The predicted molar refractivity (Wildman–Crippen MR) is 122 cm³/mol. The number of methoxy groups -OCH3 is 2. The number of thiazole rings is 1. The Balaban J connectivity index is 1.52. The quantitative estimate of drug-likeness (QED) is 0.456. The van der Waals surface area contributed by atoms with Gasteiger partial charge in [-0.05, 0) is 37.5 Å². The summed E-state index contributed by atoms with van der Waals surface area (Å²) < 4.78 is 12.6. The van der Waals surface area contributed by atoms with Crippen LogP contribution in [0, 0.1) is 0 Å². The fourth-order valence-corrected chi connectivity index (χ4v) is 4.46. The second-order valence-corrected chi connectivity index (χ2v) is 8.81. The Morgan fingerprint density at radius 1 is 1.21 bits per heavy atom. The predicted octanol–water partition coefficient (Wildman–Crippen LogP) is 3.67. The summed E-state index contributed by atoms with van der Waals surface area (Å²) in [5.74, 6) is 0.344. The summed E-state index contributed by atoms with van der Waals surface area (Å²) in [5, 5.41) is 15.7. The number of carbonyl (C=O) groups excluding carboxylic acids is 1. The lowest BCUT2D eigenvalue weighted by atomic mass is 10.1. The second kappa shape index (κ2) is 10.0. The number of hydrogen-bond donors (Lipinski definition) is 1. The van der Waals surface area contributed by atoms with Gasteiger partial charge in [0.15, 0.2) is 5.69 Å². The highest BCUT2D eigenvalue weighted by atomic mass is 32.1. The lowest BCUT2D eigenvalue weighted by molar-refractivity contribution is 0.0691. The van der Waals surface area contributed by atoms with Crippen LogP contribution in [0.1, 0.15) is 56.7 Å². The van der Waals surface area contributed by atoms with Crippen molar-refractivity contribution in [2.45, 2.75) is 38.3 Å². The zero-order chi connectivity index (χ0) is 23.4. The first kappa shape index (κ1) is 22.8. The van der Waals surface area contributed by atoms with Gasteiger partial charge in [-0.3, -0.25) is 9.48 Å². The third kappa shape index (κ3) is 5.51. The first-order valence-corrected chi connectivity index (χ1v) is 11.6. The monoisotopic (exact) mass is 470 g/mol. The molecule has 0 bridgehead atoms. The van der Waals surface area contributed by atoms with E-state index < -0.39 is 5.97 Å². The molecule has 2 aromatic heterocycles. The largest absolute Gasteiger partial charge is 0.497 e. The minimum atomic E-state index is -1.08. The highest BCUT2D eigenvalue weighted by Gasteiger charge is 2.27. The molecular weight excluding hydrogens is 444 g/mol. The Bertz CT molecular complexity index is 1120. The summed E-state index contributed by atoms with van der Waals surface area (Å²) in [5.41, 5.74) is 1.66. The third-order valence-electron chi connectivity index (χ3n) is 5.53.